The third kappa shape index (κ3) is 7.32. The molecule has 1 saturated carbocycles. The molecule has 6 heteroatoms. The van der Waals surface area contributed by atoms with Gasteiger partial charge in [-0.15, -0.1) is 0 Å². The van der Waals surface area contributed by atoms with Crippen LogP contribution in [0, 0.1) is 5.92 Å². The minimum atomic E-state index is 0.121. The van der Waals surface area contributed by atoms with Crippen molar-refractivity contribution < 1.29 is 4.79 Å². The van der Waals surface area contributed by atoms with Gasteiger partial charge in [-0.05, 0) is 66.0 Å². The normalized spacial score (nSPS) is 27.4. The molecule has 6 nitrogen and oxygen atoms in total. The Morgan fingerprint density at radius 2 is 1.96 bits per heavy atom. The summed E-state index contributed by atoms with van der Waals surface area (Å²) in [6.45, 7) is 12.4. The average Bonchev–Trinajstić information content (AvgIpc) is 2.66. The summed E-state index contributed by atoms with van der Waals surface area (Å²) < 4.78 is 0. The largest absolute Gasteiger partial charge is 0.357 e. The topological polar surface area (TPSA) is 68.8 Å². The number of nitrogens with zero attached hydrogens (tertiary/aromatic N) is 2. The van der Waals surface area contributed by atoms with E-state index in [1.165, 1.54) is 25.8 Å². The van der Waals surface area contributed by atoms with E-state index in [0.29, 0.717) is 12.1 Å². The number of carbonyl (C=O) groups is 1. The highest BCUT2D eigenvalue weighted by Gasteiger charge is 2.28. The average molecular weight is 380 g/mol. The number of rotatable bonds is 7. The summed E-state index contributed by atoms with van der Waals surface area (Å²) in [4.78, 5) is 19.8. The number of likely N-dealkylation sites (N-methyl/N-ethyl adjacent to an activating group) is 1. The maximum Gasteiger partial charge on any atom is 0.223 e. The van der Waals surface area contributed by atoms with E-state index in [0.717, 1.165) is 51.3 Å². The molecule has 0 aromatic carbocycles. The Morgan fingerprint density at radius 1 is 1.15 bits per heavy atom. The van der Waals surface area contributed by atoms with E-state index in [1.807, 2.05) is 13.8 Å². The summed E-state index contributed by atoms with van der Waals surface area (Å²) in [6.07, 6.45) is 7.98. The van der Waals surface area contributed by atoms with Crippen LogP contribution in [-0.2, 0) is 4.79 Å². The lowest BCUT2D eigenvalue weighted by Gasteiger charge is -2.34. The number of likely N-dealkylation sites (tertiary alicyclic amines) is 1. The number of hydrogen-bond donors (Lipinski definition) is 3. The molecule has 27 heavy (non-hydrogen) atoms. The van der Waals surface area contributed by atoms with Crippen LogP contribution in [0.4, 0.5) is 0 Å². The van der Waals surface area contributed by atoms with E-state index in [9.17, 15) is 4.79 Å². The highest BCUT2D eigenvalue weighted by molar-refractivity contribution is 5.81. The number of aliphatic imine (C=N–C) groups is 1. The molecule has 1 amide bonds. The number of amides is 1. The van der Waals surface area contributed by atoms with Crippen LogP contribution >= 0.6 is 0 Å². The second-order valence-corrected chi connectivity index (χ2v) is 8.37. The molecule has 0 bridgehead atoms. The fourth-order valence-corrected chi connectivity index (χ4v) is 4.35. The summed E-state index contributed by atoms with van der Waals surface area (Å²) in [5, 5.41) is 10.1. The van der Waals surface area contributed by atoms with Crippen LogP contribution in [0.2, 0.25) is 0 Å². The summed E-state index contributed by atoms with van der Waals surface area (Å²) in [5.74, 6) is 1.24. The van der Waals surface area contributed by atoms with Crippen LogP contribution in [0.25, 0.3) is 0 Å². The summed E-state index contributed by atoms with van der Waals surface area (Å²) in [5.41, 5.74) is 0. The molecular formula is C21H41N5O. The van der Waals surface area contributed by atoms with Crippen LogP contribution in [0.1, 0.15) is 72.6 Å². The number of nitrogens with one attached hydrogen (secondary N) is 3. The van der Waals surface area contributed by atoms with Gasteiger partial charge in [0.15, 0.2) is 5.96 Å². The molecule has 0 spiro atoms. The van der Waals surface area contributed by atoms with Crippen molar-refractivity contribution in [3.8, 4) is 0 Å². The van der Waals surface area contributed by atoms with Crippen molar-refractivity contribution >= 4 is 11.9 Å². The Hall–Kier alpha value is -1.30. The predicted molar refractivity (Wildman–Crippen MR) is 113 cm³/mol. The summed E-state index contributed by atoms with van der Waals surface area (Å²) in [6, 6.07) is 1.10. The van der Waals surface area contributed by atoms with Gasteiger partial charge in [0.05, 0.1) is 6.54 Å². The minimum absolute atomic E-state index is 0.121. The first-order valence-electron chi connectivity index (χ1n) is 11.1. The van der Waals surface area contributed by atoms with E-state index < -0.39 is 0 Å². The van der Waals surface area contributed by atoms with Gasteiger partial charge in [-0.3, -0.25) is 14.7 Å². The fraction of sp³-hybridized carbons (Fsp3) is 0.905. The molecule has 2 rings (SSSR count). The lowest BCUT2D eigenvalue weighted by molar-refractivity contribution is -0.126. The van der Waals surface area contributed by atoms with Crippen molar-refractivity contribution in [1.29, 1.82) is 0 Å². The first kappa shape index (κ1) is 22.0. The van der Waals surface area contributed by atoms with Crippen LogP contribution in [-0.4, -0.2) is 61.1 Å². The maximum absolute atomic E-state index is 12.4. The summed E-state index contributed by atoms with van der Waals surface area (Å²) >= 11 is 0. The Morgan fingerprint density at radius 3 is 2.67 bits per heavy atom. The monoisotopic (exact) mass is 379 g/mol. The molecule has 3 atom stereocenters. The van der Waals surface area contributed by atoms with E-state index in [2.05, 4.69) is 34.7 Å². The zero-order valence-electron chi connectivity index (χ0n) is 17.9. The number of hydrogen-bond acceptors (Lipinski definition) is 3. The number of carbonyl (C=O) groups excluding carboxylic acids is 1. The molecule has 156 valence electrons. The molecule has 0 aromatic rings. The predicted octanol–water partition coefficient (Wildman–Crippen LogP) is 2.50. The molecule has 1 aliphatic carbocycles. The lowest BCUT2D eigenvalue weighted by atomic mass is 9.85. The van der Waals surface area contributed by atoms with Crippen molar-refractivity contribution in [2.45, 2.75) is 90.8 Å². The smallest absolute Gasteiger partial charge is 0.223 e. The van der Waals surface area contributed by atoms with E-state index >= 15 is 0 Å². The van der Waals surface area contributed by atoms with Gasteiger partial charge in [0.1, 0.15) is 0 Å². The van der Waals surface area contributed by atoms with Crippen LogP contribution in [0.15, 0.2) is 4.99 Å². The van der Waals surface area contributed by atoms with E-state index in [4.69, 9.17) is 4.99 Å². The quantitative estimate of drug-likeness (QED) is 0.470. The molecule has 2 aliphatic rings. The third-order valence-electron chi connectivity index (χ3n) is 5.78. The highest BCUT2D eigenvalue weighted by Crippen LogP contribution is 2.24. The fourth-order valence-electron chi connectivity index (χ4n) is 4.35. The first-order valence-corrected chi connectivity index (χ1v) is 11.1. The molecular weight excluding hydrogens is 338 g/mol. The molecule has 2 fully saturated rings. The molecule has 0 radical (unpaired) electrons. The Kier molecular flexibility index (Phi) is 9.39. The second kappa shape index (κ2) is 11.5. The highest BCUT2D eigenvalue weighted by atomic mass is 16.1. The van der Waals surface area contributed by atoms with Gasteiger partial charge in [-0.2, -0.15) is 0 Å². The van der Waals surface area contributed by atoms with Crippen molar-refractivity contribution in [3.63, 3.8) is 0 Å². The lowest BCUT2D eigenvalue weighted by Crippen LogP contribution is -2.48. The maximum atomic E-state index is 12.4. The Bertz CT molecular complexity index is 479. The van der Waals surface area contributed by atoms with Gasteiger partial charge >= 0.3 is 0 Å². The standard InChI is InChI=1S/C21H41N5O/c1-5-22-21(23-15-19-12-7-8-13-26(19)6-2)25-18-11-9-10-17(14-18)20(27)24-16(3)4/h16-19H,5-15H2,1-4H3,(H,24,27)(H2,22,23,25). The van der Waals surface area contributed by atoms with Crippen molar-refractivity contribution in [3.05, 3.63) is 0 Å². The van der Waals surface area contributed by atoms with Gasteiger partial charge < -0.3 is 16.0 Å². The Labute approximate surface area is 165 Å². The number of guanidine groups is 1. The zero-order valence-corrected chi connectivity index (χ0v) is 17.9. The molecule has 1 aliphatic heterocycles. The van der Waals surface area contributed by atoms with Gasteiger partial charge in [0.25, 0.3) is 0 Å². The third-order valence-corrected chi connectivity index (χ3v) is 5.78. The first-order chi connectivity index (χ1) is 13.0. The van der Waals surface area contributed by atoms with E-state index in [1.54, 1.807) is 0 Å². The van der Waals surface area contributed by atoms with Crippen molar-refractivity contribution in [1.82, 2.24) is 20.9 Å². The summed E-state index contributed by atoms with van der Waals surface area (Å²) in [7, 11) is 0. The van der Waals surface area contributed by atoms with Gasteiger partial charge in [0, 0.05) is 30.6 Å². The van der Waals surface area contributed by atoms with Crippen LogP contribution in [0.3, 0.4) is 0 Å². The van der Waals surface area contributed by atoms with Crippen LogP contribution < -0.4 is 16.0 Å². The van der Waals surface area contributed by atoms with Crippen LogP contribution in [0.5, 0.6) is 0 Å². The van der Waals surface area contributed by atoms with E-state index in [-0.39, 0.29) is 17.9 Å². The minimum Gasteiger partial charge on any atom is -0.357 e. The zero-order chi connectivity index (χ0) is 19.6. The SMILES string of the molecule is CCNC(=NCC1CCCCN1CC)NC1CCCC(C(=O)NC(C)C)C1. The molecule has 1 saturated heterocycles. The van der Waals surface area contributed by atoms with Gasteiger partial charge in [0.2, 0.25) is 5.91 Å². The Balaban J connectivity index is 1.90. The second-order valence-electron chi connectivity index (χ2n) is 8.37. The molecule has 3 unspecified atom stereocenters. The van der Waals surface area contributed by atoms with Crippen molar-refractivity contribution in [2.24, 2.45) is 10.9 Å². The van der Waals surface area contributed by atoms with Crippen molar-refractivity contribution in [2.75, 3.05) is 26.2 Å². The molecule has 3 N–H and O–H groups in total. The molecule has 1 heterocycles. The van der Waals surface area contributed by atoms with Gasteiger partial charge in [-0.25, -0.2) is 0 Å². The van der Waals surface area contributed by atoms with Gasteiger partial charge in [-0.1, -0.05) is 19.8 Å². The molecule has 0 aromatic heterocycles. The number of piperidine rings is 1.